The molecule has 1 saturated carbocycles. The van der Waals surface area contributed by atoms with E-state index in [0.717, 1.165) is 19.3 Å². The second-order valence-electron chi connectivity index (χ2n) is 4.21. The predicted octanol–water partition coefficient (Wildman–Crippen LogP) is 0.335. The van der Waals surface area contributed by atoms with Crippen LogP contribution in [0.2, 0.25) is 0 Å². The van der Waals surface area contributed by atoms with E-state index in [2.05, 4.69) is 10.2 Å². The van der Waals surface area contributed by atoms with Crippen LogP contribution in [0.5, 0.6) is 0 Å². The number of nitrogens with one attached hydrogen (secondary N) is 1. The summed E-state index contributed by atoms with van der Waals surface area (Å²) in [5.74, 6) is 0. The van der Waals surface area contributed by atoms with E-state index >= 15 is 0 Å². The van der Waals surface area contributed by atoms with Crippen LogP contribution in [0.4, 0.5) is 0 Å². The maximum Gasteiger partial charge on any atom is 0.246 e. The molecule has 0 saturated heterocycles. The summed E-state index contributed by atoms with van der Waals surface area (Å²) < 4.78 is 26.1. The van der Waals surface area contributed by atoms with E-state index in [1.165, 1.54) is 16.7 Å². The highest BCUT2D eigenvalue weighted by Crippen LogP contribution is 2.29. The molecule has 17 heavy (non-hydrogen) atoms. The Bertz CT molecular complexity index is 439. The molecule has 2 rings (SSSR count). The number of aromatic amines is 1. The minimum Gasteiger partial charge on any atom is -0.396 e. The van der Waals surface area contributed by atoms with E-state index in [1.54, 1.807) is 0 Å². The highest BCUT2D eigenvalue weighted by atomic mass is 32.2. The molecule has 6 nitrogen and oxygen atoms in total. The van der Waals surface area contributed by atoms with Crippen molar-refractivity contribution in [3.8, 4) is 0 Å². The molecule has 0 unspecified atom stereocenters. The molecule has 0 aliphatic heterocycles. The molecule has 0 bridgehead atoms. The molecule has 1 aromatic heterocycles. The van der Waals surface area contributed by atoms with Crippen molar-refractivity contribution in [2.45, 2.75) is 36.6 Å². The van der Waals surface area contributed by atoms with Crippen molar-refractivity contribution in [2.24, 2.45) is 0 Å². The van der Waals surface area contributed by atoms with Crippen molar-refractivity contribution in [1.29, 1.82) is 0 Å². The normalized spacial score (nSPS) is 17.3. The molecule has 2 N–H and O–H groups in total. The van der Waals surface area contributed by atoms with Crippen LogP contribution in [-0.4, -0.2) is 47.2 Å². The van der Waals surface area contributed by atoms with Gasteiger partial charge in [-0.05, 0) is 19.3 Å². The third-order valence-electron chi connectivity index (χ3n) is 3.10. The van der Waals surface area contributed by atoms with Gasteiger partial charge in [0.1, 0.15) is 4.90 Å². The monoisotopic (exact) mass is 259 g/mol. The van der Waals surface area contributed by atoms with Crippen molar-refractivity contribution in [1.82, 2.24) is 14.5 Å². The summed E-state index contributed by atoms with van der Waals surface area (Å²) in [5, 5.41) is 15.0. The Kier molecular flexibility index (Phi) is 3.80. The molecule has 1 aliphatic carbocycles. The van der Waals surface area contributed by atoms with Crippen molar-refractivity contribution < 1.29 is 13.5 Å². The van der Waals surface area contributed by atoms with Gasteiger partial charge >= 0.3 is 0 Å². The van der Waals surface area contributed by atoms with Crippen LogP contribution < -0.4 is 0 Å². The van der Waals surface area contributed by atoms with E-state index < -0.39 is 10.0 Å². The fourth-order valence-electron chi connectivity index (χ4n) is 1.92. The molecule has 0 radical (unpaired) electrons. The average Bonchev–Trinajstić information content (AvgIpc) is 2.74. The zero-order chi connectivity index (χ0) is 12.3. The summed E-state index contributed by atoms with van der Waals surface area (Å²) in [6.45, 7) is 0.374. The van der Waals surface area contributed by atoms with Crippen LogP contribution in [0.3, 0.4) is 0 Å². The summed E-state index contributed by atoms with van der Waals surface area (Å²) in [4.78, 5) is 0.197. The minimum atomic E-state index is -3.46. The van der Waals surface area contributed by atoms with Crippen LogP contribution in [0.1, 0.15) is 25.7 Å². The Morgan fingerprint density at radius 3 is 2.76 bits per heavy atom. The summed E-state index contributed by atoms with van der Waals surface area (Å²) in [6, 6.07) is 0.0847. The van der Waals surface area contributed by atoms with Crippen molar-refractivity contribution in [3.05, 3.63) is 12.4 Å². The highest BCUT2D eigenvalue weighted by molar-refractivity contribution is 7.89. The topological polar surface area (TPSA) is 86.3 Å². The van der Waals surface area contributed by atoms with Gasteiger partial charge in [-0.2, -0.15) is 9.40 Å². The van der Waals surface area contributed by atoms with Gasteiger partial charge in [0.15, 0.2) is 0 Å². The third kappa shape index (κ3) is 2.51. The van der Waals surface area contributed by atoms with E-state index in [9.17, 15) is 8.42 Å². The fraction of sp³-hybridized carbons (Fsp3) is 0.700. The Hall–Kier alpha value is -0.920. The van der Waals surface area contributed by atoms with Crippen molar-refractivity contribution in [3.63, 3.8) is 0 Å². The lowest BCUT2D eigenvalue weighted by molar-refractivity contribution is 0.198. The SMILES string of the molecule is O=S(=O)(c1cn[nH]c1)N(CCCO)C1CCC1. The standard InChI is InChI=1S/C10H17N3O3S/c14-6-2-5-13(9-3-1-4-9)17(15,16)10-7-11-12-8-10/h7-9,14H,1-6H2,(H,11,12). The van der Waals surface area contributed by atoms with E-state index in [4.69, 9.17) is 5.11 Å². The number of aromatic nitrogens is 2. The van der Waals surface area contributed by atoms with Gasteiger partial charge < -0.3 is 5.11 Å². The molecule has 1 fully saturated rings. The molecule has 0 spiro atoms. The zero-order valence-electron chi connectivity index (χ0n) is 9.54. The lowest BCUT2D eigenvalue weighted by Crippen LogP contribution is -2.44. The Balaban J connectivity index is 2.19. The number of sulfonamides is 1. The molecule has 0 aromatic carbocycles. The third-order valence-corrected chi connectivity index (χ3v) is 5.02. The van der Waals surface area contributed by atoms with Gasteiger partial charge in [0, 0.05) is 25.4 Å². The summed E-state index contributed by atoms with van der Waals surface area (Å²) in [5.41, 5.74) is 0. The quantitative estimate of drug-likeness (QED) is 0.771. The lowest BCUT2D eigenvalue weighted by Gasteiger charge is -2.36. The van der Waals surface area contributed by atoms with Crippen LogP contribution in [0, 0.1) is 0 Å². The van der Waals surface area contributed by atoms with E-state index in [-0.39, 0.29) is 17.5 Å². The van der Waals surface area contributed by atoms with Crippen LogP contribution in [0.25, 0.3) is 0 Å². The maximum atomic E-state index is 12.3. The number of rotatable bonds is 6. The molecule has 1 aliphatic rings. The van der Waals surface area contributed by atoms with Gasteiger partial charge in [-0.25, -0.2) is 8.42 Å². The maximum absolute atomic E-state index is 12.3. The predicted molar refractivity (Wildman–Crippen MR) is 61.8 cm³/mol. The Labute approximate surface area is 101 Å². The minimum absolute atomic E-state index is 0.00409. The number of aliphatic hydroxyl groups is 1. The number of H-pyrrole nitrogens is 1. The summed E-state index contributed by atoms with van der Waals surface area (Å²) in [7, 11) is -3.46. The van der Waals surface area contributed by atoms with Crippen LogP contribution in [-0.2, 0) is 10.0 Å². The first-order valence-electron chi connectivity index (χ1n) is 5.78. The van der Waals surface area contributed by atoms with Gasteiger partial charge in [-0.15, -0.1) is 0 Å². The molecule has 1 aromatic rings. The first-order valence-corrected chi connectivity index (χ1v) is 7.22. The zero-order valence-corrected chi connectivity index (χ0v) is 10.4. The van der Waals surface area contributed by atoms with Gasteiger partial charge in [-0.3, -0.25) is 5.10 Å². The molecule has 1 heterocycles. The number of nitrogens with zero attached hydrogens (tertiary/aromatic N) is 2. The Morgan fingerprint density at radius 2 is 2.29 bits per heavy atom. The first-order chi connectivity index (χ1) is 8.16. The molecule has 0 amide bonds. The number of hydrogen-bond donors (Lipinski definition) is 2. The molecular weight excluding hydrogens is 242 g/mol. The van der Waals surface area contributed by atoms with Crippen molar-refractivity contribution >= 4 is 10.0 Å². The molecule has 0 atom stereocenters. The van der Waals surface area contributed by atoms with Gasteiger partial charge in [-0.1, -0.05) is 6.42 Å². The lowest BCUT2D eigenvalue weighted by atomic mass is 9.93. The fourth-order valence-corrected chi connectivity index (χ4v) is 3.55. The molecular formula is C10H17N3O3S. The molecule has 96 valence electrons. The number of aliphatic hydroxyl groups excluding tert-OH is 1. The van der Waals surface area contributed by atoms with E-state index in [1.807, 2.05) is 0 Å². The summed E-state index contributed by atoms with van der Waals surface area (Å²) >= 11 is 0. The average molecular weight is 259 g/mol. The van der Waals surface area contributed by atoms with Gasteiger partial charge in [0.25, 0.3) is 0 Å². The van der Waals surface area contributed by atoms with Gasteiger partial charge in [0.05, 0.1) is 6.20 Å². The molecule has 7 heteroatoms. The second kappa shape index (κ2) is 5.16. The largest absolute Gasteiger partial charge is 0.396 e. The number of hydrogen-bond acceptors (Lipinski definition) is 4. The highest BCUT2D eigenvalue weighted by Gasteiger charge is 2.34. The van der Waals surface area contributed by atoms with E-state index in [0.29, 0.717) is 13.0 Å². The van der Waals surface area contributed by atoms with Crippen LogP contribution in [0.15, 0.2) is 17.3 Å². The van der Waals surface area contributed by atoms with Crippen molar-refractivity contribution in [2.75, 3.05) is 13.2 Å². The van der Waals surface area contributed by atoms with Crippen LogP contribution >= 0.6 is 0 Å². The van der Waals surface area contributed by atoms with Gasteiger partial charge in [0.2, 0.25) is 10.0 Å². The first kappa shape index (κ1) is 12.5. The smallest absolute Gasteiger partial charge is 0.246 e. The summed E-state index contributed by atoms with van der Waals surface area (Å²) in [6.07, 6.45) is 6.06. The second-order valence-corrected chi connectivity index (χ2v) is 6.10. The Morgan fingerprint density at radius 1 is 1.53 bits per heavy atom.